The molecule has 0 aromatic carbocycles. The molecule has 6 heavy (non-hydrogen) atoms. The highest BCUT2D eigenvalue weighted by molar-refractivity contribution is 8.79. The molecule has 0 aliphatic carbocycles. The highest BCUT2D eigenvalue weighted by atomic mass is 33.1. The van der Waals surface area contributed by atoms with Crippen LogP contribution in [0, 0.1) is 0 Å². The van der Waals surface area contributed by atoms with Crippen LogP contribution in [0.1, 0.15) is 0 Å². The summed E-state index contributed by atoms with van der Waals surface area (Å²) in [5.41, 5.74) is 0. The molecule has 4 heteroatoms. The Labute approximate surface area is 43.3 Å². The van der Waals surface area contributed by atoms with Crippen molar-refractivity contribution in [3.8, 4) is 0 Å². The third kappa shape index (κ3) is 0.815. The first-order chi connectivity index (χ1) is 2.71. The van der Waals surface area contributed by atoms with Crippen LogP contribution in [-0.2, 0) is 0 Å². The van der Waals surface area contributed by atoms with E-state index in [4.69, 9.17) is 10.2 Å². The molecule has 2 N–H and O–H groups in total. The zero-order valence-electron chi connectivity index (χ0n) is 2.92. The monoisotopic (exact) mass is 124 g/mol. The summed E-state index contributed by atoms with van der Waals surface area (Å²) in [5, 5.41) is 15.4. The van der Waals surface area contributed by atoms with Crippen molar-refractivity contribution in [1.29, 1.82) is 0 Å². The summed E-state index contributed by atoms with van der Waals surface area (Å²) in [7, 11) is 2.55. The Morgan fingerprint density at radius 3 is 1.83 bits per heavy atom. The third-order valence-corrected chi connectivity index (χ3v) is 3.18. The Balaban J connectivity index is 2.31. The van der Waals surface area contributed by atoms with E-state index in [-0.39, 0.29) is 0 Å². The third-order valence-electron chi connectivity index (χ3n) is 0.439. The second kappa shape index (κ2) is 1.30. The summed E-state index contributed by atoms with van der Waals surface area (Å²) >= 11 is 0. The van der Waals surface area contributed by atoms with E-state index in [2.05, 4.69) is 0 Å². The van der Waals surface area contributed by atoms with E-state index >= 15 is 0 Å². The average molecular weight is 124 g/mol. The fourth-order valence-corrected chi connectivity index (χ4v) is 1.48. The molecular weight excluding hydrogens is 120 g/mol. The minimum Gasteiger partial charge on any atom is -0.356 e. The second-order valence-electron chi connectivity index (χ2n) is 1.09. The van der Waals surface area contributed by atoms with Gasteiger partial charge in [-0.25, -0.2) is 0 Å². The molecule has 1 heterocycles. The molecule has 1 aliphatic rings. The first kappa shape index (κ1) is 4.77. The van der Waals surface area contributed by atoms with Crippen LogP contribution in [-0.4, -0.2) is 21.1 Å². The Morgan fingerprint density at radius 2 is 1.83 bits per heavy atom. The lowest BCUT2D eigenvalue weighted by Gasteiger charge is -2.27. The summed E-state index contributed by atoms with van der Waals surface area (Å²) in [4.78, 5) is 0. The van der Waals surface area contributed by atoms with E-state index in [1.54, 1.807) is 0 Å². The predicted molar refractivity (Wildman–Crippen MR) is 27.2 cm³/mol. The molecule has 0 amide bonds. The van der Waals surface area contributed by atoms with Gasteiger partial charge >= 0.3 is 0 Å². The first-order valence-corrected chi connectivity index (χ1v) is 3.78. The van der Waals surface area contributed by atoms with E-state index in [9.17, 15) is 0 Å². The van der Waals surface area contributed by atoms with Gasteiger partial charge in [0.25, 0.3) is 0 Å². The van der Waals surface area contributed by atoms with Crippen LogP contribution in [0.15, 0.2) is 0 Å². The SMILES string of the molecule is OC1(O)CSS1. The summed E-state index contributed by atoms with van der Waals surface area (Å²) < 4.78 is 0. The van der Waals surface area contributed by atoms with Gasteiger partial charge in [-0.1, -0.05) is 10.8 Å². The topological polar surface area (TPSA) is 40.5 Å². The number of hydrogen-bond acceptors (Lipinski definition) is 4. The van der Waals surface area contributed by atoms with Gasteiger partial charge in [-0.3, -0.25) is 0 Å². The quantitative estimate of drug-likeness (QED) is 0.353. The van der Waals surface area contributed by atoms with E-state index in [0.29, 0.717) is 5.75 Å². The number of hydrogen-bond donors (Lipinski definition) is 2. The Hall–Kier alpha value is 0.620. The zero-order chi connectivity index (χ0) is 4.62. The summed E-state index contributed by atoms with van der Waals surface area (Å²) in [6.45, 7) is 0. The Morgan fingerprint density at radius 1 is 1.50 bits per heavy atom. The molecule has 36 valence electrons. The van der Waals surface area contributed by atoms with E-state index in [1.165, 1.54) is 10.8 Å². The van der Waals surface area contributed by atoms with Gasteiger partial charge in [0.15, 0.2) is 0 Å². The van der Waals surface area contributed by atoms with Crippen molar-refractivity contribution in [2.75, 3.05) is 5.75 Å². The Bertz CT molecular complexity index is 56.6. The van der Waals surface area contributed by atoms with Crippen molar-refractivity contribution in [2.24, 2.45) is 0 Å². The van der Waals surface area contributed by atoms with Gasteiger partial charge in [-0.05, 0) is 10.8 Å². The van der Waals surface area contributed by atoms with E-state index in [0.717, 1.165) is 10.8 Å². The van der Waals surface area contributed by atoms with Gasteiger partial charge < -0.3 is 10.2 Å². The molecule has 0 spiro atoms. The van der Waals surface area contributed by atoms with Crippen LogP contribution in [0.2, 0.25) is 0 Å². The standard InChI is InChI=1S/C2H4O2S2/c3-2(4)1-5-6-2/h3-4H,1H2. The first-order valence-electron chi connectivity index (χ1n) is 1.46. The molecule has 0 aromatic rings. The van der Waals surface area contributed by atoms with Gasteiger partial charge in [0.05, 0.1) is 5.75 Å². The lowest BCUT2D eigenvalue weighted by Crippen LogP contribution is -2.31. The van der Waals surface area contributed by atoms with Crippen molar-refractivity contribution in [3.63, 3.8) is 0 Å². The van der Waals surface area contributed by atoms with Crippen molar-refractivity contribution >= 4 is 21.6 Å². The fourth-order valence-electron chi connectivity index (χ4n) is 0.164. The summed E-state index contributed by atoms with van der Waals surface area (Å²) in [5.74, 6) is 0.442. The molecular formula is C2H4O2S2. The number of rotatable bonds is 0. The van der Waals surface area contributed by atoms with Crippen LogP contribution < -0.4 is 0 Å². The fraction of sp³-hybridized carbons (Fsp3) is 1.00. The van der Waals surface area contributed by atoms with Crippen molar-refractivity contribution in [1.82, 2.24) is 0 Å². The molecule has 1 aliphatic heterocycles. The molecule has 0 aromatic heterocycles. The van der Waals surface area contributed by atoms with E-state index in [1.807, 2.05) is 0 Å². The van der Waals surface area contributed by atoms with Crippen LogP contribution >= 0.6 is 21.6 Å². The molecule has 1 rings (SSSR count). The molecule has 0 radical (unpaired) electrons. The average Bonchev–Trinajstić information content (AvgIpc) is 1.32. The maximum atomic E-state index is 8.41. The van der Waals surface area contributed by atoms with Gasteiger partial charge in [-0.15, -0.1) is 0 Å². The van der Waals surface area contributed by atoms with Crippen molar-refractivity contribution in [2.45, 2.75) is 5.12 Å². The zero-order valence-corrected chi connectivity index (χ0v) is 4.55. The lowest BCUT2D eigenvalue weighted by molar-refractivity contribution is -0.0563. The minimum atomic E-state index is -1.40. The van der Waals surface area contributed by atoms with Crippen LogP contribution in [0.25, 0.3) is 0 Å². The molecule has 0 unspecified atom stereocenters. The van der Waals surface area contributed by atoms with Crippen LogP contribution in [0.4, 0.5) is 0 Å². The highest BCUT2D eigenvalue weighted by Gasteiger charge is 2.33. The smallest absolute Gasteiger partial charge is 0.233 e. The van der Waals surface area contributed by atoms with Crippen molar-refractivity contribution in [3.05, 3.63) is 0 Å². The van der Waals surface area contributed by atoms with Crippen LogP contribution in [0.3, 0.4) is 0 Å². The largest absolute Gasteiger partial charge is 0.356 e. The second-order valence-corrected chi connectivity index (χ2v) is 3.64. The van der Waals surface area contributed by atoms with Gasteiger partial charge in [0, 0.05) is 0 Å². The Kier molecular flexibility index (Phi) is 1.03. The maximum Gasteiger partial charge on any atom is 0.233 e. The lowest BCUT2D eigenvalue weighted by atomic mass is 10.8. The van der Waals surface area contributed by atoms with Gasteiger partial charge in [0.1, 0.15) is 0 Å². The summed E-state index contributed by atoms with van der Waals surface area (Å²) in [6, 6.07) is 0. The highest BCUT2D eigenvalue weighted by Crippen LogP contribution is 2.45. The molecule has 1 fully saturated rings. The maximum absolute atomic E-state index is 8.41. The minimum absolute atomic E-state index is 0.442. The van der Waals surface area contributed by atoms with Crippen LogP contribution in [0.5, 0.6) is 0 Å². The molecule has 2 nitrogen and oxygen atoms in total. The molecule has 0 bridgehead atoms. The number of aliphatic hydroxyl groups is 2. The summed E-state index contributed by atoms with van der Waals surface area (Å²) in [6.07, 6.45) is 0. The molecule has 0 atom stereocenters. The van der Waals surface area contributed by atoms with Gasteiger partial charge in [0.2, 0.25) is 5.12 Å². The van der Waals surface area contributed by atoms with E-state index < -0.39 is 5.12 Å². The van der Waals surface area contributed by atoms with Crippen molar-refractivity contribution < 1.29 is 10.2 Å². The normalized spacial score (nSPS) is 29.0. The molecule has 0 saturated carbocycles. The predicted octanol–water partition coefficient (Wildman–Crippen LogP) is 0.0198. The van der Waals surface area contributed by atoms with Gasteiger partial charge in [-0.2, -0.15) is 0 Å². The molecule has 1 saturated heterocycles.